The topological polar surface area (TPSA) is 85.8 Å². The van der Waals surface area contributed by atoms with E-state index in [-0.39, 0.29) is 36.3 Å². The Labute approximate surface area is 166 Å². The molecule has 3 heterocycles. The van der Waals surface area contributed by atoms with Crippen LogP contribution in [0.4, 0.5) is 0 Å². The van der Waals surface area contributed by atoms with E-state index in [1.165, 1.54) is 29.3 Å². The number of hydrogen-bond donors (Lipinski definition) is 0. The monoisotopic (exact) mass is 400 g/mol. The lowest BCUT2D eigenvalue weighted by molar-refractivity contribution is 0.0469. The maximum absolute atomic E-state index is 12.7. The van der Waals surface area contributed by atoms with E-state index in [2.05, 4.69) is 4.98 Å². The van der Waals surface area contributed by atoms with Gasteiger partial charge in [-0.25, -0.2) is 9.78 Å². The maximum atomic E-state index is 12.7. The first-order valence-electron chi connectivity index (χ1n) is 8.92. The molecule has 7 nitrogen and oxygen atoms in total. The highest BCUT2D eigenvalue weighted by atomic mass is 35.5. The Hall–Kier alpha value is -2.77. The number of rotatable bonds is 5. The zero-order valence-electron chi connectivity index (χ0n) is 14.9. The average molecular weight is 401 g/mol. The summed E-state index contributed by atoms with van der Waals surface area (Å²) in [5, 5.41) is 0.351. The molecule has 2 amide bonds. The van der Waals surface area contributed by atoms with Gasteiger partial charge in [-0.3, -0.25) is 14.5 Å². The van der Waals surface area contributed by atoms with Gasteiger partial charge in [-0.05, 0) is 37.1 Å². The number of ether oxygens (including phenoxy) is 2. The number of benzene rings is 1. The summed E-state index contributed by atoms with van der Waals surface area (Å²) in [5.74, 6) is -1.36. The number of carbonyl (C=O) groups excluding carboxylic acids is 3. The second-order valence-electron chi connectivity index (χ2n) is 6.68. The summed E-state index contributed by atoms with van der Waals surface area (Å²) in [6.07, 6.45) is 3.14. The lowest BCUT2D eigenvalue weighted by Crippen LogP contribution is -2.36. The SMILES string of the molecule is O=C(OCc1ccc(Cl)nc1)c1ccc2c(c1)C(=O)N(C[C@H]1CCCO1)C2=O. The number of pyridine rings is 1. The van der Waals surface area contributed by atoms with Gasteiger partial charge in [-0.1, -0.05) is 17.7 Å². The minimum atomic E-state index is -0.587. The molecule has 0 N–H and O–H groups in total. The van der Waals surface area contributed by atoms with Crippen molar-refractivity contribution in [2.24, 2.45) is 0 Å². The highest BCUT2D eigenvalue weighted by Gasteiger charge is 2.38. The molecule has 2 aliphatic rings. The van der Waals surface area contributed by atoms with E-state index in [1.54, 1.807) is 12.1 Å². The Morgan fingerprint density at radius 2 is 2.04 bits per heavy atom. The summed E-state index contributed by atoms with van der Waals surface area (Å²) in [7, 11) is 0. The minimum Gasteiger partial charge on any atom is -0.457 e. The van der Waals surface area contributed by atoms with Crippen molar-refractivity contribution in [1.82, 2.24) is 9.88 Å². The molecule has 8 heteroatoms. The van der Waals surface area contributed by atoms with Gasteiger partial charge in [0.15, 0.2) is 0 Å². The fourth-order valence-electron chi connectivity index (χ4n) is 3.30. The molecule has 0 unspecified atom stereocenters. The quantitative estimate of drug-likeness (QED) is 0.436. The number of fused-ring (bicyclic) bond motifs is 1. The van der Waals surface area contributed by atoms with Crippen LogP contribution in [0.3, 0.4) is 0 Å². The molecule has 1 aromatic carbocycles. The van der Waals surface area contributed by atoms with Crippen molar-refractivity contribution in [2.45, 2.75) is 25.6 Å². The molecule has 144 valence electrons. The Morgan fingerprint density at radius 1 is 1.21 bits per heavy atom. The van der Waals surface area contributed by atoms with Crippen molar-refractivity contribution in [1.29, 1.82) is 0 Å². The predicted octanol–water partition coefficient (Wildman–Crippen LogP) is 2.87. The van der Waals surface area contributed by atoms with Gasteiger partial charge in [-0.15, -0.1) is 0 Å². The van der Waals surface area contributed by atoms with Crippen LogP contribution in [0, 0.1) is 0 Å². The number of halogens is 1. The van der Waals surface area contributed by atoms with Gasteiger partial charge < -0.3 is 9.47 Å². The zero-order valence-corrected chi connectivity index (χ0v) is 15.6. The number of hydrogen-bond acceptors (Lipinski definition) is 6. The largest absolute Gasteiger partial charge is 0.457 e. The zero-order chi connectivity index (χ0) is 19.7. The van der Waals surface area contributed by atoms with Crippen LogP contribution in [-0.2, 0) is 16.1 Å². The number of nitrogens with zero attached hydrogens (tertiary/aromatic N) is 2. The van der Waals surface area contributed by atoms with Crippen molar-refractivity contribution >= 4 is 29.4 Å². The standard InChI is InChI=1S/C20H17ClN2O5/c21-17-6-3-12(9-22-17)11-28-20(26)13-4-5-15-16(8-13)19(25)23(18(15)24)10-14-2-1-7-27-14/h3-6,8-9,14H,1-2,7,10-11H2/t14-/m1/s1. The molecule has 4 rings (SSSR count). The average Bonchev–Trinajstić information content (AvgIpc) is 3.30. The fourth-order valence-corrected chi connectivity index (χ4v) is 3.41. The third-order valence-corrected chi connectivity index (χ3v) is 5.00. The lowest BCUT2D eigenvalue weighted by Gasteiger charge is -2.17. The summed E-state index contributed by atoms with van der Waals surface area (Å²) in [4.78, 5) is 42.6. The van der Waals surface area contributed by atoms with Crippen molar-refractivity contribution in [3.8, 4) is 0 Å². The molecule has 2 aliphatic heterocycles. The summed E-state index contributed by atoms with van der Waals surface area (Å²) in [6, 6.07) is 7.70. The third-order valence-electron chi connectivity index (χ3n) is 4.78. The molecule has 1 fully saturated rings. The molecule has 0 aliphatic carbocycles. The van der Waals surface area contributed by atoms with Crippen molar-refractivity contribution in [3.05, 3.63) is 63.9 Å². The third kappa shape index (κ3) is 3.63. The first kappa shape index (κ1) is 18.6. The van der Waals surface area contributed by atoms with Crippen molar-refractivity contribution in [3.63, 3.8) is 0 Å². The smallest absolute Gasteiger partial charge is 0.338 e. The Balaban J connectivity index is 1.46. The van der Waals surface area contributed by atoms with E-state index in [0.29, 0.717) is 22.9 Å². The molecule has 2 aromatic rings. The van der Waals surface area contributed by atoms with Gasteiger partial charge in [0, 0.05) is 18.4 Å². The van der Waals surface area contributed by atoms with Crippen LogP contribution in [-0.4, -0.2) is 46.9 Å². The second-order valence-corrected chi connectivity index (χ2v) is 7.07. The van der Waals surface area contributed by atoms with Crippen LogP contribution in [0.5, 0.6) is 0 Å². The molecule has 28 heavy (non-hydrogen) atoms. The molecule has 1 atom stereocenters. The Kier molecular flexibility index (Phi) is 5.11. The van der Waals surface area contributed by atoms with E-state index in [1.807, 2.05) is 0 Å². The summed E-state index contributed by atoms with van der Waals surface area (Å²) in [6.45, 7) is 0.904. The number of amides is 2. The van der Waals surface area contributed by atoms with E-state index < -0.39 is 11.9 Å². The molecular formula is C20H17ClN2O5. The number of aromatic nitrogens is 1. The van der Waals surface area contributed by atoms with E-state index >= 15 is 0 Å². The molecule has 0 bridgehead atoms. The minimum absolute atomic E-state index is 0.0259. The van der Waals surface area contributed by atoms with Crippen LogP contribution in [0.25, 0.3) is 0 Å². The van der Waals surface area contributed by atoms with Gasteiger partial charge in [0.25, 0.3) is 11.8 Å². The van der Waals surface area contributed by atoms with Crippen molar-refractivity contribution < 1.29 is 23.9 Å². The van der Waals surface area contributed by atoms with Crippen molar-refractivity contribution in [2.75, 3.05) is 13.2 Å². The molecule has 0 spiro atoms. The van der Waals surface area contributed by atoms with Gasteiger partial charge in [-0.2, -0.15) is 0 Å². The van der Waals surface area contributed by atoms with Gasteiger partial charge in [0.1, 0.15) is 11.8 Å². The Bertz CT molecular complexity index is 938. The van der Waals surface area contributed by atoms with Crippen LogP contribution >= 0.6 is 11.6 Å². The number of imide groups is 1. The normalized spacial score (nSPS) is 18.5. The first-order chi connectivity index (χ1) is 13.5. The lowest BCUT2D eigenvalue weighted by atomic mass is 10.1. The van der Waals surface area contributed by atoms with Crippen LogP contribution in [0.2, 0.25) is 5.15 Å². The highest BCUT2D eigenvalue weighted by Crippen LogP contribution is 2.26. The van der Waals surface area contributed by atoms with Crippen LogP contribution < -0.4 is 0 Å². The van der Waals surface area contributed by atoms with E-state index in [4.69, 9.17) is 21.1 Å². The first-order valence-corrected chi connectivity index (χ1v) is 9.30. The highest BCUT2D eigenvalue weighted by molar-refractivity contribution is 6.29. The van der Waals surface area contributed by atoms with Crippen LogP contribution in [0.15, 0.2) is 36.5 Å². The molecule has 1 aromatic heterocycles. The predicted molar refractivity (Wildman–Crippen MR) is 99.1 cm³/mol. The summed E-state index contributed by atoms with van der Waals surface area (Å²) in [5.41, 5.74) is 1.40. The van der Waals surface area contributed by atoms with Crippen LogP contribution in [0.1, 0.15) is 49.5 Å². The molecule has 0 saturated carbocycles. The fraction of sp³-hybridized carbons (Fsp3) is 0.300. The summed E-state index contributed by atoms with van der Waals surface area (Å²) >= 11 is 5.72. The molecule has 0 radical (unpaired) electrons. The second kappa shape index (κ2) is 7.69. The maximum Gasteiger partial charge on any atom is 0.338 e. The van der Waals surface area contributed by atoms with Gasteiger partial charge in [0.05, 0.1) is 29.3 Å². The summed E-state index contributed by atoms with van der Waals surface area (Å²) < 4.78 is 10.8. The van der Waals surface area contributed by atoms with Gasteiger partial charge >= 0.3 is 5.97 Å². The van der Waals surface area contributed by atoms with Gasteiger partial charge in [0.2, 0.25) is 0 Å². The van der Waals surface area contributed by atoms with E-state index in [0.717, 1.165) is 12.8 Å². The molecular weight excluding hydrogens is 384 g/mol. The number of esters is 1. The molecule has 1 saturated heterocycles. The van der Waals surface area contributed by atoms with E-state index in [9.17, 15) is 14.4 Å². The number of carbonyl (C=O) groups is 3. The Morgan fingerprint density at radius 3 is 2.75 bits per heavy atom.